The maximum Gasteiger partial charge on any atom is 0.227 e. The van der Waals surface area contributed by atoms with Crippen LogP contribution < -0.4 is 5.32 Å². The lowest BCUT2D eigenvalue weighted by molar-refractivity contribution is -0.136. The molecule has 3 rings (SSSR count). The largest absolute Gasteiger partial charge is 0.342 e. The van der Waals surface area contributed by atoms with Gasteiger partial charge in [-0.15, -0.1) is 0 Å². The van der Waals surface area contributed by atoms with Crippen molar-refractivity contribution in [1.82, 2.24) is 15.1 Å². The van der Waals surface area contributed by atoms with Crippen molar-refractivity contribution < 1.29 is 4.79 Å². The Kier molecular flexibility index (Phi) is 3.32. The number of nitrogens with zero attached hydrogens (tertiary/aromatic N) is 2. The molecule has 3 unspecified atom stereocenters. The molecule has 3 heterocycles. The highest BCUT2D eigenvalue weighted by molar-refractivity contribution is 5.79. The minimum absolute atomic E-state index is 0.243. The molecule has 3 fully saturated rings. The Morgan fingerprint density at radius 3 is 2.44 bits per heavy atom. The fourth-order valence-corrected chi connectivity index (χ4v) is 3.95. The second kappa shape index (κ2) is 4.82. The fraction of sp³-hybridized carbons (Fsp3) is 0.929. The van der Waals surface area contributed by atoms with E-state index in [-0.39, 0.29) is 5.92 Å². The Morgan fingerprint density at radius 1 is 1.22 bits per heavy atom. The molecule has 18 heavy (non-hydrogen) atoms. The molecule has 0 aromatic heterocycles. The van der Waals surface area contributed by atoms with Crippen molar-refractivity contribution in [2.75, 3.05) is 27.2 Å². The van der Waals surface area contributed by atoms with Crippen LogP contribution in [0.1, 0.15) is 32.1 Å². The lowest BCUT2D eigenvalue weighted by Crippen LogP contribution is -2.50. The summed E-state index contributed by atoms with van der Waals surface area (Å²) in [5.41, 5.74) is 0. The van der Waals surface area contributed by atoms with E-state index in [1.807, 2.05) is 7.05 Å². The van der Waals surface area contributed by atoms with Crippen LogP contribution >= 0.6 is 0 Å². The van der Waals surface area contributed by atoms with E-state index in [4.69, 9.17) is 0 Å². The van der Waals surface area contributed by atoms with Crippen LogP contribution in [0.2, 0.25) is 0 Å². The Hall–Kier alpha value is -0.610. The zero-order valence-corrected chi connectivity index (χ0v) is 11.6. The molecule has 1 amide bonds. The molecule has 3 aliphatic heterocycles. The number of fused-ring (bicyclic) bond motifs is 2. The topological polar surface area (TPSA) is 35.6 Å². The summed E-state index contributed by atoms with van der Waals surface area (Å²) >= 11 is 0. The Bertz CT molecular complexity index is 321. The number of rotatable bonds is 2. The van der Waals surface area contributed by atoms with Crippen LogP contribution in [0, 0.1) is 5.92 Å². The van der Waals surface area contributed by atoms with E-state index >= 15 is 0 Å². The summed E-state index contributed by atoms with van der Waals surface area (Å²) in [5, 5.41) is 3.64. The molecule has 0 aromatic rings. The number of hydrogen-bond acceptors (Lipinski definition) is 3. The molecule has 1 N–H and O–H groups in total. The van der Waals surface area contributed by atoms with Crippen molar-refractivity contribution in [3.63, 3.8) is 0 Å². The van der Waals surface area contributed by atoms with Crippen molar-refractivity contribution >= 4 is 5.91 Å². The Morgan fingerprint density at radius 2 is 1.89 bits per heavy atom. The molecule has 4 nitrogen and oxygen atoms in total. The minimum Gasteiger partial charge on any atom is -0.342 e. The van der Waals surface area contributed by atoms with Gasteiger partial charge in [0.2, 0.25) is 5.91 Å². The average molecular weight is 251 g/mol. The quantitative estimate of drug-likeness (QED) is 0.784. The summed E-state index contributed by atoms with van der Waals surface area (Å²) in [6.07, 6.45) is 5.95. The summed E-state index contributed by atoms with van der Waals surface area (Å²) in [4.78, 5) is 16.8. The highest BCUT2D eigenvalue weighted by Crippen LogP contribution is 2.30. The van der Waals surface area contributed by atoms with E-state index in [1.54, 1.807) is 0 Å². The molecule has 2 bridgehead atoms. The average Bonchev–Trinajstić information content (AvgIpc) is 2.94. The van der Waals surface area contributed by atoms with E-state index in [0.717, 1.165) is 32.4 Å². The van der Waals surface area contributed by atoms with E-state index in [9.17, 15) is 4.79 Å². The molecule has 3 saturated heterocycles. The molecule has 0 aromatic carbocycles. The summed E-state index contributed by atoms with van der Waals surface area (Å²) < 4.78 is 0. The van der Waals surface area contributed by atoms with Gasteiger partial charge >= 0.3 is 0 Å². The zero-order valence-electron chi connectivity index (χ0n) is 11.6. The lowest BCUT2D eigenvalue weighted by atomic mass is 9.97. The van der Waals surface area contributed by atoms with Crippen molar-refractivity contribution in [1.29, 1.82) is 0 Å². The van der Waals surface area contributed by atoms with Crippen LogP contribution in [-0.2, 0) is 4.79 Å². The van der Waals surface area contributed by atoms with Crippen molar-refractivity contribution in [2.24, 2.45) is 5.92 Å². The smallest absolute Gasteiger partial charge is 0.227 e. The third kappa shape index (κ3) is 2.28. The summed E-state index contributed by atoms with van der Waals surface area (Å²) in [5.74, 6) is 0.623. The fourth-order valence-electron chi connectivity index (χ4n) is 3.95. The van der Waals surface area contributed by atoms with Crippen molar-refractivity contribution in [2.45, 2.75) is 50.2 Å². The van der Waals surface area contributed by atoms with Gasteiger partial charge in [-0.3, -0.25) is 4.79 Å². The second-order valence-electron chi connectivity index (χ2n) is 6.46. The maximum absolute atomic E-state index is 12.5. The van der Waals surface area contributed by atoms with E-state index < -0.39 is 0 Å². The van der Waals surface area contributed by atoms with Gasteiger partial charge in [0.05, 0.1) is 5.92 Å². The Balaban J connectivity index is 1.60. The van der Waals surface area contributed by atoms with Gasteiger partial charge in [0.25, 0.3) is 0 Å². The van der Waals surface area contributed by atoms with E-state index in [0.29, 0.717) is 24.0 Å². The molecular weight excluding hydrogens is 226 g/mol. The van der Waals surface area contributed by atoms with Gasteiger partial charge in [-0.2, -0.15) is 0 Å². The highest BCUT2D eigenvalue weighted by atomic mass is 16.2. The third-order valence-electron chi connectivity index (χ3n) is 5.08. The number of piperidine rings is 1. The molecule has 0 saturated carbocycles. The molecule has 3 aliphatic rings. The number of amides is 1. The molecule has 0 spiro atoms. The number of likely N-dealkylation sites (tertiary alicyclic amines) is 1. The first-order valence-electron chi connectivity index (χ1n) is 7.34. The van der Waals surface area contributed by atoms with Crippen LogP contribution in [0.5, 0.6) is 0 Å². The molecule has 0 aliphatic carbocycles. The third-order valence-corrected chi connectivity index (χ3v) is 5.08. The SMILES string of the molecule is CN1CCC(C(=O)N(C)C2CC3CCC(C2)N3)C1. The lowest BCUT2D eigenvalue weighted by Gasteiger charge is -2.36. The van der Waals surface area contributed by atoms with Crippen molar-refractivity contribution in [3.05, 3.63) is 0 Å². The van der Waals surface area contributed by atoms with Gasteiger partial charge in [-0.05, 0) is 45.7 Å². The van der Waals surface area contributed by atoms with Gasteiger partial charge in [0.15, 0.2) is 0 Å². The van der Waals surface area contributed by atoms with E-state index in [2.05, 4.69) is 22.2 Å². The van der Waals surface area contributed by atoms with Crippen LogP contribution in [-0.4, -0.2) is 61.0 Å². The number of carbonyl (C=O) groups excluding carboxylic acids is 1. The predicted octanol–water partition coefficient (Wildman–Crippen LogP) is 0.680. The highest BCUT2D eigenvalue weighted by Gasteiger charge is 2.38. The summed E-state index contributed by atoms with van der Waals surface area (Å²) in [6, 6.07) is 1.80. The molecular formula is C14H25N3O. The molecule has 102 valence electrons. The first-order valence-corrected chi connectivity index (χ1v) is 7.34. The molecule has 0 radical (unpaired) electrons. The first-order chi connectivity index (χ1) is 8.63. The van der Waals surface area contributed by atoms with Gasteiger partial charge < -0.3 is 15.1 Å². The van der Waals surface area contributed by atoms with Gasteiger partial charge in [0, 0.05) is 31.7 Å². The van der Waals surface area contributed by atoms with E-state index in [1.165, 1.54) is 12.8 Å². The van der Waals surface area contributed by atoms with Crippen LogP contribution in [0.4, 0.5) is 0 Å². The van der Waals surface area contributed by atoms with Gasteiger partial charge in [0.1, 0.15) is 0 Å². The maximum atomic E-state index is 12.5. The van der Waals surface area contributed by atoms with Crippen LogP contribution in [0.3, 0.4) is 0 Å². The summed E-state index contributed by atoms with van der Waals surface area (Å²) in [6.45, 7) is 2.02. The standard InChI is InChI=1S/C14H25N3O/c1-16-6-5-10(9-16)14(18)17(2)13-7-11-3-4-12(8-13)15-11/h10-13,15H,3-9H2,1-2H3. The Labute approximate surface area is 110 Å². The molecule has 3 atom stereocenters. The number of nitrogens with one attached hydrogen (secondary N) is 1. The number of carbonyl (C=O) groups is 1. The number of hydrogen-bond donors (Lipinski definition) is 1. The predicted molar refractivity (Wildman–Crippen MR) is 71.3 cm³/mol. The van der Waals surface area contributed by atoms with Crippen molar-refractivity contribution in [3.8, 4) is 0 Å². The van der Waals surface area contributed by atoms with Gasteiger partial charge in [-0.1, -0.05) is 0 Å². The normalized spacial score (nSPS) is 40.1. The summed E-state index contributed by atoms with van der Waals surface area (Å²) in [7, 11) is 4.13. The van der Waals surface area contributed by atoms with Crippen LogP contribution in [0.25, 0.3) is 0 Å². The van der Waals surface area contributed by atoms with Gasteiger partial charge in [-0.25, -0.2) is 0 Å². The first kappa shape index (κ1) is 12.4. The van der Waals surface area contributed by atoms with Crippen LogP contribution in [0.15, 0.2) is 0 Å². The monoisotopic (exact) mass is 251 g/mol. The second-order valence-corrected chi connectivity index (χ2v) is 6.46. The minimum atomic E-state index is 0.243. The molecule has 4 heteroatoms. The zero-order chi connectivity index (χ0) is 12.7.